The summed E-state index contributed by atoms with van der Waals surface area (Å²) in [5.41, 5.74) is 2.24. The lowest BCUT2D eigenvalue weighted by molar-refractivity contribution is 0.0951. The number of anilines is 2. The van der Waals surface area contributed by atoms with E-state index in [0.717, 1.165) is 24.2 Å². The lowest BCUT2D eigenvalue weighted by Gasteiger charge is -2.10. The van der Waals surface area contributed by atoms with E-state index in [9.17, 15) is 4.79 Å². The molecule has 0 aliphatic heterocycles. The third-order valence-electron chi connectivity index (χ3n) is 3.41. The molecule has 2 aromatic rings. The highest BCUT2D eigenvalue weighted by atomic mass is 35.5. The van der Waals surface area contributed by atoms with Crippen LogP contribution >= 0.6 is 11.6 Å². The second-order valence-electron chi connectivity index (χ2n) is 5.80. The Kier molecular flexibility index (Phi) is 6.52. The van der Waals surface area contributed by atoms with Crippen LogP contribution in [0, 0.1) is 6.92 Å². The van der Waals surface area contributed by atoms with E-state index in [4.69, 9.17) is 11.6 Å². The average molecular weight is 348 g/mol. The zero-order chi connectivity index (χ0) is 17.5. The molecule has 0 spiro atoms. The molecule has 0 radical (unpaired) electrons. The summed E-state index contributed by atoms with van der Waals surface area (Å²) in [6.45, 7) is 3.49. The maximum absolute atomic E-state index is 12.0. The summed E-state index contributed by atoms with van der Waals surface area (Å²) < 4.78 is 0. The van der Waals surface area contributed by atoms with Gasteiger partial charge in [-0.15, -0.1) is 0 Å². The monoisotopic (exact) mass is 347 g/mol. The number of hydrogen-bond donors (Lipinski definition) is 2. The highest BCUT2D eigenvalue weighted by Gasteiger charge is 2.07. The largest absolute Gasteiger partial charge is 0.352 e. The van der Waals surface area contributed by atoms with Crippen LogP contribution in [0.3, 0.4) is 0 Å². The number of nitrogens with one attached hydrogen (secondary N) is 2. The molecule has 0 unspecified atom stereocenters. The summed E-state index contributed by atoms with van der Waals surface area (Å²) in [5, 5.41) is 6.59. The van der Waals surface area contributed by atoms with Gasteiger partial charge in [-0.3, -0.25) is 4.79 Å². The van der Waals surface area contributed by atoms with E-state index in [-0.39, 0.29) is 5.91 Å². The fraction of sp³-hybridized carbons (Fsp3) is 0.353. The topological polar surface area (TPSA) is 70.2 Å². The van der Waals surface area contributed by atoms with Crippen LogP contribution in [0.2, 0.25) is 5.02 Å². The van der Waals surface area contributed by atoms with Gasteiger partial charge in [0.25, 0.3) is 5.91 Å². The van der Waals surface area contributed by atoms with Crippen molar-refractivity contribution in [2.75, 3.05) is 32.5 Å². The molecule has 6 nitrogen and oxygen atoms in total. The third-order valence-corrected chi connectivity index (χ3v) is 3.82. The summed E-state index contributed by atoms with van der Waals surface area (Å²) in [5.74, 6) is 0.248. The molecule has 0 aliphatic carbocycles. The van der Waals surface area contributed by atoms with Gasteiger partial charge in [0.2, 0.25) is 5.95 Å². The molecule has 0 atom stereocenters. The number of halogens is 1. The van der Waals surface area contributed by atoms with E-state index in [0.29, 0.717) is 23.1 Å². The van der Waals surface area contributed by atoms with Crippen molar-refractivity contribution in [1.82, 2.24) is 20.2 Å². The van der Waals surface area contributed by atoms with Gasteiger partial charge in [0, 0.05) is 29.6 Å². The minimum Gasteiger partial charge on any atom is -0.352 e. The van der Waals surface area contributed by atoms with Crippen molar-refractivity contribution in [1.29, 1.82) is 0 Å². The van der Waals surface area contributed by atoms with Gasteiger partial charge in [-0.25, -0.2) is 9.97 Å². The van der Waals surface area contributed by atoms with E-state index < -0.39 is 0 Å². The average Bonchev–Trinajstić information content (AvgIpc) is 2.55. The van der Waals surface area contributed by atoms with Gasteiger partial charge >= 0.3 is 0 Å². The maximum atomic E-state index is 12.0. The molecule has 7 heteroatoms. The zero-order valence-corrected chi connectivity index (χ0v) is 14.9. The number of hydrogen-bond acceptors (Lipinski definition) is 5. The van der Waals surface area contributed by atoms with Gasteiger partial charge in [0.1, 0.15) is 0 Å². The van der Waals surface area contributed by atoms with E-state index in [1.165, 1.54) is 12.4 Å². The molecule has 128 valence electrons. The Bertz CT molecular complexity index is 688. The molecule has 24 heavy (non-hydrogen) atoms. The summed E-state index contributed by atoms with van der Waals surface area (Å²) in [6, 6.07) is 5.63. The molecule has 0 bridgehead atoms. The number of aryl methyl sites for hydroxylation is 1. The van der Waals surface area contributed by atoms with Crippen LogP contribution in [0.5, 0.6) is 0 Å². The van der Waals surface area contributed by atoms with Crippen LogP contribution in [0.25, 0.3) is 0 Å². The van der Waals surface area contributed by atoms with Gasteiger partial charge in [-0.05, 0) is 51.7 Å². The summed E-state index contributed by atoms with van der Waals surface area (Å²) in [4.78, 5) is 22.4. The lowest BCUT2D eigenvalue weighted by Crippen LogP contribution is -2.27. The first kappa shape index (κ1) is 18.2. The molecule has 2 rings (SSSR count). The Morgan fingerprint density at radius 1 is 1.25 bits per heavy atom. The Morgan fingerprint density at radius 3 is 2.58 bits per heavy atom. The Morgan fingerprint density at radius 2 is 1.96 bits per heavy atom. The molecule has 1 amide bonds. The van der Waals surface area contributed by atoms with Crippen LogP contribution in [0.4, 0.5) is 11.6 Å². The number of carbonyl (C=O) groups excluding carboxylic acids is 1. The van der Waals surface area contributed by atoms with E-state index in [2.05, 4.69) is 25.5 Å². The van der Waals surface area contributed by atoms with Gasteiger partial charge in [0.15, 0.2) is 0 Å². The number of nitrogens with zero attached hydrogens (tertiary/aromatic N) is 3. The van der Waals surface area contributed by atoms with Crippen LogP contribution in [-0.2, 0) is 0 Å². The maximum Gasteiger partial charge on any atom is 0.254 e. The Labute approximate surface area is 147 Å². The van der Waals surface area contributed by atoms with Crippen molar-refractivity contribution < 1.29 is 4.79 Å². The van der Waals surface area contributed by atoms with Gasteiger partial charge < -0.3 is 15.5 Å². The van der Waals surface area contributed by atoms with Gasteiger partial charge in [0.05, 0.1) is 5.56 Å². The van der Waals surface area contributed by atoms with Gasteiger partial charge in [-0.2, -0.15) is 0 Å². The number of rotatable bonds is 7. The molecular weight excluding hydrogens is 326 g/mol. The summed E-state index contributed by atoms with van der Waals surface area (Å²) in [6.07, 6.45) is 3.91. The summed E-state index contributed by atoms with van der Waals surface area (Å²) >= 11 is 6.09. The molecule has 2 N–H and O–H groups in total. The van der Waals surface area contributed by atoms with Crippen LogP contribution in [0.15, 0.2) is 30.6 Å². The highest BCUT2D eigenvalue weighted by Crippen LogP contribution is 2.21. The number of amides is 1. The fourth-order valence-electron chi connectivity index (χ4n) is 2.01. The fourth-order valence-corrected chi connectivity index (χ4v) is 2.19. The van der Waals surface area contributed by atoms with Crippen molar-refractivity contribution in [3.05, 3.63) is 46.7 Å². The predicted molar refractivity (Wildman–Crippen MR) is 97.0 cm³/mol. The summed E-state index contributed by atoms with van der Waals surface area (Å²) in [7, 11) is 4.01. The van der Waals surface area contributed by atoms with E-state index in [1.54, 1.807) is 0 Å². The van der Waals surface area contributed by atoms with Crippen molar-refractivity contribution in [2.45, 2.75) is 13.3 Å². The van der Waals surface area contributed by atoms with Crippen LogP contribution < -0.4 is 10.6 Å². The molecule has 1 heterocycles. The minimum atomic E-state index is -0.168. The first-order chi connectivity index (χ1) is 11.5. The molecule has 0 saturated heterocycles. The quantitative estimate of drug-likeness (QED) is 0.754. The second-order valence-corrected chi connectivity index (χ2v) is 6.20. The first-order valence-corrected chi connectivity index (χ1v) is 8.11. The van der Waals surface area contributed by atoms with Crippen LogP contribution in [-0.4, -0.2) is 48.0 Å². The second kappa shape index (κ2) is 8.61. The number of carbonyl (C=O) groups is 1. The third kappa shape index (κ3) is 5.47. The molecule has 0 aliphatic rings. The smallest absolute Gasteiger partial charge is 0.254 e. The van der Waals surface area contributed by atoms with Crippen LogP contribution in [0.1, 0.15) is 22.3 Å². The van der Waals surface area contributed by atoms with Crippen molar-refractivity contribution >= 4 is 29.1 Å². The minimum absolute atomic E-state index is 0.168. The normalized spacial score (nSPS) is 10.7. The number of benzene rings is 1. The number of aromatic nitrogens is 2. The predicted octanol–water partition coefficient (Wildman–Crippen LogP) is 2.86. The molecular formula is C17H22ClN5O. The molecule has 1 aromatic heterocycles. The van der Waals surface area contributed by atoms with Crippen molar-refractivity contribution in [3.63, 3.8) is 0 Å². The highest BCUT2D eigenvalue weighted by molar-refractivity contribution is 6.31. The SMILES string of the molecule is Cc1ccc(Nc2ncc(C(=O)NCCCN(C)C)cn2)cc1Cl. The first-order valence-electron chi connectivity index (χ1n) is 7.74. The Balaban J connectivity index is 1.90. The van der Waals surface area contributed by atoms with Gasteiger partial charge in [-0.1, -0.05) is 17.7 Å². The van der Waals surface area contributed by atoms with Crippen molar-refractivity contribution in [3.8, 4) is 0 Å². The van der Waals surface area contributed by atoms with E-state index in [1.807, 2.05) is 39.2 Å². The molecule has 0 saturated carbocycles. The molecule has 0 fully saturated rings. The molecule has 1 aromatic carbocycles. The van der Waals surface area contributed by atoms with Crippen molar-refractivity contribution in [2.24, 2.45) is 0 Å². The lowest BCUT2D eigenvalue weighted by atomic mass is 10.2. The standard InChI is InChI=1S/C17H22ClN5O/c1-12-5-6-14(9-15(12)18)22-17-20-10-13(11-21-17)16(24)19-7-4-8-23(2)3/h5-6,9-11H,4,7-8H2,1-3H3,(H,19,24)(H,20,21,22). The van der Waals surface area contributed by atoms with E-state index >= 15 is 0 Å². The zero-order valence-electron chi connectivity index (χ0n) is 14.1. The Hall–Kier alpha value is -2.18.